The lowest BCUT2D eigenvalue weighted by Gasteiger charge is -2.20. The summed E-state index contributed by atoms with van der Waals surface area (Å²) < 4.78 is 34.0. The fourth-order valence-electron chi connectivity index (χ4n) is 2.95. The van der Waals surface area contributed by atoms with E-state index in [1.807, 2.05) is 0 Å². The molecule has 3 aromatic rings. The van der Waals surface area contributed by atoms with E-state index in [2.05, 4.69) is 4.99 Å². The Morgan fingerprint density at radius 2 is 1.75 bits per heavy atom. The minimum absolute atomic E-state index is 0.115. The van der Waals surface area contributed by atoms with Gasteiger partial charge in [-0.1, -0.05) is 11.3 Å². The monoisotopic (exact) mass is 475 g/mol. The summed E-state index contributed by atoms with van der Waals surface area (Å²) in [5.41, 5.74) is 1.54. The second kappa shape index (κ2) is 9.35. The van der Waals surface area contributed by atoms with Gasteiger partial charge in [-0.2, -0.15) is 9.30 Å². The first-order chi connectivity index (χ1) is 15.1. The highest BCUT2D eigenvalue weighted by molar-refractivity contribution is 7.89. The Morgan fingerprint density at radius 1 is 1.12 bits per heavy atom. The smallest absolute Gasteiger partial charge is 0.338 e. The summed E-state index contributed by atoms with van der Waals surface area (Å²) in [4.78, 5) is 29.4. The lowest BCUT2D eigenvalue weighted by Crippen LogP contribution is -2.33. The Kier molecular flexibility index (Phi) is 6.97. The summed E-state index contributed by atoms with van der Waals surface area (Å²) in [6, 6.07) is 10.7. The van der Waals surface area contributed by atoms with Gasteiger partial charge < -0.3 is 9.30 Å². The van der Waals surface area contributed by atoms with Crippen molar-refractivity contribution >= 4 is 43.5 Å². The average molecular weight is 476 g/mol. The Labute approximate surface area is 190 Å². The lowest BCUT2D eigenvalue weighted by atomic mass is 10.2. The van der Waals surface area contributed by atoms with Crippen LogP contribution in [0.5, 0.6) is 0 Å². The number of fused-ring (bicyclic) bond motifs is 1. The number of hydrogen-bond acceptors (Lipinski definition) is 6. The fraction of sp³-hybridized carbons (Fsp3) is 0.318. The van der Waals surface area contributed by atoms with Crippen LogP contribution in [0.15, 0.2) is 52.4 Å². The van der Waals surface area contributed by atoms with Crippen molar-refractivity contribution in [2.24, 2.45) is 12.0 Å². The zero-order chi connectivity index (χ0) is 23.6. The predicted molar refractivity (Wildman–Crippen MR) is 123 cm³/mol. The van der Waals surface area contributed by atoms with Crippen LogP contribution in [-0.2, 0) is 21.8 Å². The lowest BCUT2D eigenvalue weighted by molar-refractivity contribution is 0.0526. The molecular formula is C22H25N3O5S2. The number of ether oxygens (including phenoxy) is 1. The van der Waals surface area contributed by atoms with Gasteiger partial charge in [-0.15, -0.1) is 0 Å². The van der Waals surface area contributed by atoms with Crippen LogP contribution in [0.4, 0.5) is 0 Å². The number of nitrogens with zero attached hydrogens (tertiary/aromatic N) is 3. The Bertz CT molecular complexity index is 1340. The van der Waals surface area contributed by atoms with Gasteiger partial charge in [0, 0.05) is 25.7 Å². The van der Waals surface area contributed by atoms with Crippen molar-refractivity contribution < 1.29 is 22.7 Å². The SMILES string of the molecule is CCOC(=O)c1ccc2c(c1)sc(=NC(=O)c1ccc(S(=O)(=O)N(C)C(C)C)cc1)n2C. The van der Waals surface area contributed by atoms with Gasteiger partial charge in [0.1, 0.15) is 0 Å². The van der Waals surface area contributed by atoms with Crippen molar-refractivity contribution in [2.45, 2.75) is 31.7 Å². The molecule has 0 aliphatic rings. The normalized spacial score (nSPS) is 12.7. The third-order valence-corrected chi connectivity index (χ3v) is 8.17. The van der Waals surface area contributed by atoms with Gasteiger partial charge in [0.05, 0.1) is 27.3 Å². The van der Waals surface area contributed by atoms with E-state index in [4.69, 9.17) is 4.74 Å². The van der Waals surface area contributed by atoms with Crippen molar-refractivity contribution in [1.29, 1.82) is 0 Å². The molecular weight excluding hydrogens is 450 g/mol. The maximum absolute atomic E-state index is 12.7. The third kappa shape index (κ3) is 4.67. The van der Waals surface area contributed by atoms with Crippen LogP contribution in [0.1, 0.15) is 41.5 Å². The number of esters is 1. The molecule has 0 bridgehead atoms. The number of carbonyl (C=O) groups excluding carboxylic acids is 2. The molecule has 0 spiro atoms. The van der Waals surface area contributed by atoms with Crippen LogP contribution < -0.4 is 4.80 Å². The molecule has 32 heavy (non-hydrogen) atoms. The summed E-state index contributed by atoms with van der Waals surface area (Å²) in [5.74, 6) is -0.892. The van der Waals surface area contributed by atoms with Crippen molar-refractivity contribution in [2.75, 3.05) is 13.7 Å². The second-order valence-electron chi connectivity index (χ2n) is 7.40. The van der Waals surface area contributed by atoms with Crippen LogP contribution in [0.25, 0.3) is 10.2 Å². The number of aryl methyl sites for hydroxylation is 1. The largest absolute Gasteiger partial charge is 0.462 e. The zero-order valence-electron chi connectivity index (χ0n) is 18.5. The molecule has 170 valence electrons. The molecule has 0 unspecified atom stereocenters. The standard InChI is InChI=1S/C22H25N3O5S2/c1-6-30-21(27)16-9-12-18-19(13-16)31-22(24(18)4)23-20(26)15-7-10-17(11-8-15)32(28,29)25(5)14(2)3/h7-14H,6H2,1-5H3. The number of amides is 1. The highest BCUT2D eigenvalue weighted by Crippen LogP contribution is 2.20. The molecule has 0 aliphatic heterocycles. The third-order valence-electron chi connectivity index (χ3n) is 5.02. The minimum Gasteiger partial charge on any atom is -0.462 e. The van der Waals surface area contributed by atoms with Gasteiger partial charge in [0.2, 0.25) is 10.0 Å². The second-order valence-corrected chi connectivity index (χ2v) is 10.4. The number of sulfonamides is 1. The first kappa shape index (κ1) is 23.8. The van der Waals surface area contributed by atoms with Gasteiger partial charge in [0.15, 0.2) is 4.80 Å². The molecule has 10 heteroatoms. The average Bonchev–Trinajstić information content (AvgIpc) is 3.07. The quantitative estimate of drug-likeness (QED) is 0.510. The molecule has 0 N–H and O–H groups in total. The topological polar surface area (TPSA) is 98.0 Å². The molecule has 0 saturated carbocycles. The summed E-state index contributed by atoms with van der Waals surface area (Å²) in [7, 11) is -0.326. The molecule has 3 rings (SSSR count). The highest BCUT2D eigenvalue weighted by atomic mass is 32.2. The van der Waals surface area contributed by atoms with E-state index in [1.54, 1.807) is 50.6 Å². The number of rotatable bonds is 6. The molecule has 2 aromatic carbocycles. The van der Waals surface area contributed by atoms with Crippen LogP contribution >= 0.6 is 11.3 Å². The molecule has 0 atom stereocenters. The van der Waals surface area contributed by atoms with E-state index in [0.717, 1.165) is 10.2 Å². The van der Waals surface area contributed by atoms with Gasteiger partial charge >= 0.3 is 5.97 Å². The Morgan fingerprint density at radius 3 is 2.34 bits per heavy atom. The predicted octanol–water partition coefficient (Wildman–Crippen LogP) is 3.19. The number of carbonyl (C=O) groups is 2. The molecule has 0 radical (unpaired) electrons. The van der Waals surface area contributed by atoms with Crippen molar-refractivity contribution in [3.05, 3.63) is 58.4 Å². The molecule has 1 heterocycles. The molecule has 8 nitrogen and oxygen atoms in total. The number of benzene rings is 2. The first-order valence-corrected chi connectivity index (χ1v) is 12.3. The molecule has 1 aromatic heterocycles. The molecule has 0 saturated heterocycles. The summed E-state index contributed by atoms with van der Waals surface area (Å²) in [6.45, 7) is 5.61. The van der Waals surface area contributed by atoms with Crippen molar-refractivity contribution in [1.82, 2.24) is 8.87 Å². The fourth-order valence-corrected chi connectivity index (χ4v) is 5.37. The number of hydrogen-bond donors (Lipinski definition) is 0. The van der Waals surface area contributed by atoms with E-state index in [9.17, 15) is 18.0 Å². The van der Waals surface area contributed by atoms with E-state index in [1.165, 1.54) is 47.0 Å². The van der Waals surface area contributed by atoms with Crippen LogP contribution in [0.2, 0.25) is 0 Å². The van der Waals surface area contributed by atoms with E-state index >= 15 is 0 Å². The Hall–Kier alpha value is -2.82. The van der Waals surface area contributed by atoms with Gasteiger partial charge in [-0.3, -0.25) is 4.79 Å². The van der Waals surface area contributed by atoms with E-state index in [-0.39, 0.29) is 23.1 Å². The summed E-state index contributed by atoms with van der Waals surface area (Å²) in [6.07, 6.45) is 0. The van der Waals surface area contributed by atoms with Crippen molar-refractivity contribution in [3.8, 4) is 0 Å². The zero-order valence-corrected chi connectivity index (χ0v) is 20.2. The maximum atomic E-state index is 12.7. The minimum atomic E-state index is -3.63. The van der Waals surface area contributed by atoms with Crippen LogP contribution in [0.3, 0.4) is 0 Å². The number of thiazole rings is 1. The summed E-state index contributed by atoms with van der Waals surface area (Å²) >= 11 is 1.28. The first-order valence-electron chi connectivity index (χ1n) is 10.00. The molecule has 0 fully saturated rings. The van der Waals surface area contributed by atoms with Gasteiger partial charge in [-0.25, -0.2) is 13.2 Å². The number of aromatic nitrogens is 1. The van der Waals surface area contributed by atoms with Crippen LogP contribution in [0, 0.1) is 0 Å². The van der Waals surface area contributed by atoms with E-state index < -0.39 is 21.9 Å². The summed E-state index contributed by atoms with van der Waals surface area (Å²) in [5, 5.41) is 0. The van der Waals surface area contributed by atoms with Gasteiger partial charge in [0.25, 0.3) is 5.91 Å². The van der Waals surface area contributed by atoms with Gasteiger partial charge in [-0.05, 0) is 63.2 Å². The molecule has 0 aliphatic carbocycles. The van der Waals surface area contributed by atoms with Crippen molar-refractivity contribution in [3.63, 3.8) is 0 Å². The molecule has 1 amide bonds. The highest BCUT2D eigenvalue weighted by Gasteiger charge is 2.23. The maximum Gasteiger partial charge on any atom is 0.338 e. The van der Waals surface area contributed by atoms with E-state index in [0.29, 0.717) is 10.4 Å². The van der Waals surface area contributed by atoms with Crippen LogP contribution in [-0.4, -0.2) is 48.9 Å². The Balaban J connectivity index is 1.92.